The summed E-state index contributed by atoms with van der Waals surface area (Å²) in [5.74, 6) is 0. The van der Waals surface area contributed by atoms with E-state index in [9.17, 15) is 0 Å². The van der Waals surface area contributed by atoms with Crippen molar-refractivity contribution in [2.24, 2.45) is 0 Å². The van der Waals surface area contributed by atoms with E-state index < -0.39 is 0 Å². The molecular weight excluding hydrogens is 100 g/mol. The summed E-state index contributed by atoms with van der Waals surface area (Å²) >= 11 is 0. The van der Waals surface area contributed by atoms with Crippen LogP contribution in [-0.2, 0) is 6.42 Å². The minimum Gasteiger partial charge on any atom is -0.472 e. The molecule has 0 atom stereocenters. The normalized spacial score (nSPS) is 9.62. The largest absolute Gasteiger partial charge is 0.472 e. The van der Waals surface area contributed by atoms with Crippen molar-refractivity contribution in [3.05, 3.63) is 24.2 Å². The topological polar surface area (TPSA) is 13.1 Å². The van der Waals surface area contributed by atoms with E-state index in [2.05, 4.69) is 6.92 Å². The Hall–Kier alpha value is -0.720. The van der Waals surface area contributed by atoms with Crippen molar-refractivity contribution in [1.29, 1.82) is 0 Å². The molecule has 0 aromatic carbocycles. The van der Waals surface area contributed by atoms with Gasteiger partial charge in [0.25, 0.3) is 0 Å². The van der Waals surface area contributed by atoms with Crippen LogP contribution >= 0.6 is 0 Å². The van der Waals surface area contributed by atoms with E-state index in [4.69, 9.17) is 4.42 Å². The van der Waals surface area contributed by atoms with Gasteiger partial charge in [-0.05, 0) is 18.1 Å². The summed E-state index contributed by atoms with van der Waals surface area (Å²) in [7, 11) is 0. The van der Waals surface area contributed by atoms with Gasteiger partial charge in [-0.2, -0.15) is 0 Å². The van der Waals surface area contributed by atoms with Gasteiger partial charge in [-0.1, -0.05) is 13.3 Å². The molecule has 0 aliphatic heterocycles. The van der Waals surface area contributed by atoms with Crippen molar-refractivity contribution in [3.63, 3.8) is 0 Å². The molecule has 0 bridgehead atoms. The second kappa shape index (κ2) is 2.55. The van der Waals surface area contributed by atoms with Crippen molar-refractivity contribution < 1.29 is 4.42 Å². The second-order valence-corrected chi connectivity index (χ2v) is 1.88. The summed E-state index contributed by atoms with van der Waals surface area (Å²) in [5.41, 5.74) is 1.30. The van der Waals surface area contributed by atoms with Gasteiger partial charge in [0.15, 0.2) is 0 Å². The molecule has 1 aromatic rings. The van der Waals surface area contributed by atoms with E-state index in [1.54, 1.807) is 12.5 Å². The van der Waals surface area contributed by atoms with Crippen LogP contribution in [0.4, 0.5) is 0 Å². The summed E-state index contributed by atoms with van der Waals surface area (Å²) in [5, 5.41) is 0. The number of hydrogen-bond acceptors (Lipinski definition) is 1. The molecule has 0 aliphatic rings. The Bertz CT molecular complexity index is 130. The highest BCUT2D eigenvalue weighted by Crippen LogP contribution is 2.01. The highest BCUT2D eigenvalue weighted by atomic mass is 16.3. The summed E-state index contributed by atoms with van der Waals surface area (Å²) in [6.45, 7) is 2.16. The maximum absolute atomic E-state index is 4.87. The summed E-state index contributed by atoms with van der Waals surface area (Å²) in [6, 6.07) is 2.00. The molecule has 0 unspecified atom stereocenters. The van der Waals surface area contributed by atoms with Gasteiger partial charge >= 0.3 is 0 Å². The first-order valence-corrected chi connectivity index (χ1v) is 2.94. The van der Waals surface area contributed by atoms with Crippen LogP contribution in [0.25, 0.3) is 0 Å². The molecule has 0 saturated heterocycles. The lowest BCUT2D eigenvalue weighted by Crippen LogP contribution is -1.73. The van der Waals surface area contributed by atoms with Crippen LogP contribution in [0.5, 0.6) is 0 Å². The van der Waals surface area contributed by atoms with Gasteiger partial charge in [-0.15, -0.1) is 0 Å². The molecule has 1 heterocycles. The highest BCUT2D eigenvalue weighted by molar-refractivity contribution is 5.04. The Kier molecular flexibility index (Phi) is 1.73. The summed E-state index contributed by atoms with van der Waals surface area (Å²) in [6.07, 6.45) is 5.84. The van der Waals surface area contributed by atoms with Crippen LogP contribution in [0, 0.1) is 0 Å². The fourth-order valence-electron chi connectivity index (χ4n) is 0.724. The standard InChI is InChI=1S/C7H10O/c1-2-3-7-4-5-8-6-7/h4-6H,2-3H2,1H3. The second-order valence-electron chi connectivity index (χ2n) is 1.88. The first-order valence-electron chi connectivity index (χ1n) is 2.94. The Balaban J connectivity index is 2.50. The van der Waals surface area contributed by atoms with Gasteiger partial charge in [0.2, 0.25) is 0 Å². The average molecular weight is 110 g/mol. The number of furan rings is 1. The van der Waals surface area contributed by atoms with Crippen LogP contribution < -0.4 is 0 Å². The molecule has 1 heteroatoms. The van der Waals surface area contributed by atoms with Gasteiger partial charge < -0.3 is 4.42 Å². The Morgan fingerprint density at radius 1 is 1.62 bits per heavy atom. The third-order valence-electron chi connectivity index (χ3n) is 1.12. The molecule has 1 rings (SSSR count). The van der Waals surface area contributed by atoms with E-state index in [0.29, 0.717) is 0 Å². The van der Waals surface area contributed by atoms with Crippen molar-refractivity contribution in [2.45, 2.75) is 19.8 Å². The molecule has 1 aromatic heterocycles. The third-order valence-corrected chi connectivity index (χ3v) is 1.12. The summed E-state index contributed by atoms with van der Waals surface area (Å²) in [4.78, 5) is 0. The molecule has 0 spiro atoms. The predicted molar refractivity (Wildman–Crippen MR) is 32.7 cm³/mol. The van der Waals surface area contributed by atoms with Crippen molar-refractivity contribution in [3.8, 4) is 0 Å². The number of aryl methyl sites for hydroxylation is 1. The fraction of sp³-hybridized carbons (Fsp3) is 0.429. The smallest absolute Gasteiger partial charge is 0.0934 e. The van der Waals surface area contributed by atoms with Crippen LogP contribution in [0.15, 0.2) is 23.0 Å². The first kappa shape index (κ1) is 5.42. The zero-order valence-electron chi connectivity index (χ0n) is 5.05. The first-order chi connectivity index (χ1) is 3.93. The monoisotopic (exact) mass is 110 g/mol. The van der Waals surface area contributed by atoms with Crippen molar-refractivity contribution in [2.75, 3.05) is 0 Å². The molecule has 44 valence electrons. The molecule has 0 amide bonds. The van der Waals surface area contributed by atoms with Crippen molar-refractivity contribution >= 4 is 0 Å². The average Bonchev–Trinajstić information content (AvgIpc) is 2.19. The zero-order chi connectivity index (χ0) is 5.82. The van der Waals surface area contributed by atoms with Gasteiger partial charge in [0, 0.05) is 0 Å². The Morgan fingerprint density at radius 2 is 2.50 bits per heavy atom. The van der Waals surface area contributed by atoms with E-state index in [1.807, 2.05) is 6.07 Å². The van der Waals surface area contributed by atoms with Crippen LogP contribution in [-0.4, -0.2) is 0 Å². The Labute approximate surface area is 49.3 Å². The van der Waals surface area contributed by atoms with E-state index in [-0.39, 0.29) is 0 Å². The van der Waals surface area contributed by atoms with Crippen LogP contribution in [0.1, 0.15) is 18.9 Å². The predicted octanol–water partition coefficient (Wildman–Crippen LogP) is 2.23. The minimum absolute atomic E-state index is 1.14. The lowest BCUT2D eigenvalue weighted by Gasteiger charge is -1.84. The lowest BCUT2D eigenvalue weighted by atomic mass is 10.2. The minimum atomic E-state index is 1.14. The quantitative estimate of drug-likeness (QED) is 0.569. The van der Waals surface area contributed by atoms with Crippen LogP contribution in [0.3, 0.4) is 0 Å². The lowest BCUT2D eigenvalue weighted by molar-refractivity contribution is 0.563. The molecular formula is C7H10O. The highest BCUT2D eigenvalue weighted by Gasteiger charge is 1.87. The number of rotatable bonds is 2. The van der Waals surface area contributed by atoms with Gasteiger partial charge in [-0.3, -0.25) is 0 Å². The fourth-order valence-corrected chi connectivity index (χ4v) is 0.724. The Morgan fingerprint density at radius 3 is 3.00 bits per heavy atom. The summed E-state index contributed by atoms with van der Waals surface area (Å²) < 4.78 is 4.87. The molecule has 0 saturated carbocycles. The maximum Gasteiger partial charge on any atom is 0.0934 e. The van der Waals surface area contributed by atoms with Crippen LogP contribution in [0.2, 0.25) is 0 Å². The molecule has 0 fully saturated rings. The van der Waals surface area contributed by atoms with Gasteiger partial charge in [0.1, 0.15) is 0 Å². The molecule has 0 radical (unpaired) electrons. The van der Waals surface area contributed by atoms with E-state index >= 15 is 0 Å². The molecule has 1 nitrogen and oxygen atoms in total. The van der Waals surface area contributed by atoms with E-state index in [0.717, 1.165) is 6.42 Å². The molecule has 8 heavy (non-hydrogen) atoms. The van der Waals surface area contributed by atoms with Crippen molar-refractivity contribution in [1.82, 2.24) is 0 Å². The third kappa shape index (κ3) is 1.12. The van der Waals surface area contributed by atoms with Gasteiger partial charge in [-0.25, -0.2) is 0 Å². The maximum atomic E-state index is 4.87. The zero-order valence-corrected chi connectivity index (χ0v) is 5.05. The number of hydrogen-bond donors (Lipinski definition) is 0. The SMILES string of the molecule is CCCc1ccoc1. The molecule has 0 aliphatic carbocycles. The molecule has 0 N–H and O–H groups in total. The van der Waals surface area contributed by atoms with Gasteiger partial charge in [0.05, 0.1) is 12.5 Å². The van der Waals surface area contributed by atoms with E-state index in [1.165, 1.54) is 12.0 Å².